The van der Waals surface area contributed by atoms with E-state index >= 15 is 0 Å². The van der Waals surface area contributed by atoms with Crippen LogP contribution in [0.15, 0.2) is 65.5 Å². The number of esters is 1. The molecule has 1 aromatic heterocycles. The Morgan fingerprint density at radius 1 is 0.971 bits per heavy atom. The monoisotopic (exact) mass is 474 g/mol. The van der Waals surface area contributed by atoms with E-state index in [-0.39, 0.29) is 22.8 Å². The van der Waals surface area contributed by atoms with Crippen LogP contribution in [0.2, 0.25) is 0 Å². The second-order valence-electron chi connectivity index (χ2n) is 8.61. The first kappa shape index (κ1) is 24.3. The van der Waals surface area contributed by atoms with Crippen LogP contribution >= 0.6 is 0 Å². The van der Waals surface area contributed by atoms with Gasteiger partial charge in [0, 0.05) is 43.4 Å². The number of carbonyl (C=O) groups is 2. The molecule has 182 valence electrons. The van der Waals surface area contributed by atoms with Crippen molar-refractivity contribution in [1.29, 1.82) is 0 Å². The van der Waals surface area contributed by atoms with Gasteiger partial charge in [-0.1, -0.05) is 48.5 Å². The Hall–Kier alpha value is -3.87. The molecule has 0 N–H and O–H groups in total. The first-order chi connectivity index (χ1) is 17.0. The molecule has 1 amide bonds. The minimum atomic E-state index is -0.550. The fourth-order valence-electron chi connectivity index (χ4n) is 4.47. The molecule has 0 saturated carbocycles. The number of hydrogen-bond acceptors (Lipinski definition) is 5. The van der Waals surface area contributed by atoms with Crippen molar-refractivity contribution in [2.45, 2.75) is 32.7 Å². The number of rotatable bonds is 7. The van der Waals surface area contributed by atoms with E-state index in [0.717, 1.165) is 18.4 Å². The number of carbonyl (C=O) groups excluding carboxylic acids is 2. The van der Waals surface area contributed by atoms with E-state index in [2.05, 4.69) is 12.1 Å². The summed E-state index contributed by atoms with van der Waals surface area (Å²) in [4.78, 5) is 40.6. The highest BCUT2D eigenvalue weighted by Crippen LogP contribution is 2.25. The lowest BCUT2D eigenvalue weighted by atomic mass is 10.1. The van der Waals surface area contributed by atoms with Crippen molar-refractivity contribution in [2.24, 2.45) is 0 Å². The lowest BCUT2D eigenvalue weighted by Gasteiger charge is -2.21. The third kappa shape index (κ3) is 5.45. The van der Waals surface area contributed by atoms with Crippen LogP contribution in [0.1, 0.15) is 44.0 Å². The summed E-state index contributed by atoms with van der Waals surface area (Å²) >= 11 is 0. The van der Waals surface area contributed by atoms with Crippen LogP contribution in [-0.2, 0) is 24.1 Å². The zero-order chi connectivity index (χ0) is 24.8. The molecular formula is C28H30N2O5. The maximum Gasteiger partial charge on any atom is 0.343 e. The Morgan fingerprint density at radius 2 is 1.71 bits per heavy atom. The standard InChI is InChI=1S/C28H30N2O5/c1-20-9-6-7-13-22(20)27(32)29-15-14-23-26(28(33)34-2)24(19-25(31)30(23)17-16-29)35-18-8-12-21-10-4-3-5-11-21/h3-7,9-11,13,19H,8,12,14-18H2,1-2H3. The Kier molecular flexibility index (Phi) is 7.65. The van der Waals surface area contributed by atoms with Crippen LogP contribution < -0.4 is 10.3 Å². The van der Waals surface area contributed by atoms with Gasteiger partial charge in [0.15, 0.2) is 0 Å². The Labute approximate surface area is 204 Å². The number of methoxy groups -OCH3 is 1. The summed E-state index contributed by atoms with van der Waals surface area (Å²) < 4.78 is 12.5. The van der Waals surface area contributed by atoms with Crippen LogP contribution in [0.25, 0.3) is 0 Å². The minimum absolute atomic E-state index is 0.0824. The second-order valence-corrected chi connectivity index (χ2v) is 8.61. The topological polar surface area (TPSA) is 77.8 Å². The second kappa shape index (κ2) is 11.0. The number of fused-ring (bicyclic) bond motifs is 1. The van der Waals surface area contributed by atoms with Gasteiger partial charge in [0.05, 0.1) is 13.7 Å². The first-order valence-electron chi connectivity index (χ1n) is 11.9. The van der Waals surface area contributed by atoms with E-state index in [0.29, 0.717) is 43.9 Å². The number of amides is 1. The van der Waals surface area contributed by atoms with Gasteiger partial charge in [-0.05, 0) is 37.0 Å². The maximum absolute atomic E-state index is 13.2. The molecule has 7 nitrogen and oxygen atoms in total. The van der Waals surface area contributed by atoms with Gasteiger partial charge >= 0.3 is 5.97 Å². The highest BCUT2D eigenvalue weighted by molar-refractivity contribution is 5.96. The van der Waals surface area contributed by atoms with Gasteiger partial charge in [-0.2, -0.15) is 0 Å². The zero-order valence-corrected chi connectivity index (χ0v) is 20.2. The van der Waals surface area contributed by atoms with Crippen LogP contribution in [0.3, 0.4) is 0 Å². The van der Waals surface area contributed by atoms with E-state index in [1.54, 1.807) is 9.47 Å². The van der Waals surface area contributed by atoms with E-state index in [1.807, 2.05) is 49.4 Å². The number of hydrogen-bond donors (Lipinski definition) is 0. The molecule has 0 saturated heterocycles. The molecule has 2 heterocycles. The molecule has 7 heteroatoms. The van der Waals surface area contributed by atoms with E-state index in [1.165, 1.54) is 18.7 Å². The smallest absolute Gasteiger partial charge is 0.343 e. The SMILES string of the molecule is COC(=O)c1c(OCCCc2ccccc2)cc(=O)n2c1CCN(C(=O)c1ccccc1C)CC2. The molecule has 0 unspecified atom stereocenters. The van der Waals surface area contributed by atoms with Gasteiger partial charge in [-0.25, -0.2) is 4.79 Å². The number of aryl methyl sites for hydroxylation is 2. The molecule has 1 aliphatic rings. The lowest BCUT2D eigenvalue weighted by Crippen LogP contribution is -2.34. The van der Waals surface area contributed by atoms with E-state index < -0.39 is 5.97 Å². The molecule has 3 aromatic rings. The van der Waals surface area contributed by atoms with Gasteiger partial charge in [0.2, 0.25) is 0 Å². The third-order valence-corrected chi connectivity index (χ3v) is 6.36. The summed E-state index contributed by atoms with van der Waals surface area (Å²) in [6.07, 6.45) is 1.91. The highest BCUT2D eigenvalue weighted by atomic mass is 16.5. The summed E-state index contributed by atoms with van der Waals surface area (Å²) in [5.74, 6) is -0.397. The molecule has 0 bridgehead atoms. The number of pyridine rings is 1. The first-order valence-corrected chi connectivity index (χ1v) is 11.9. The average Bonchev–Trinajstić information content (AvgIpc) is 3.10. The van der Waals surface area contributed by atoms with Crippen molar-refractivity contribution < 1.29 is 19.1 Å². The normalized spacial score (nSPS) is 13.0. The third-order valence-electron chi connectivity index (χ3n) is 6.36. The Balaban J connectivity index is 1.55. The van der Waals surface area contributed by atoms with Crippen LogP contribution in [0.4, 0.5) is 0 Å². The maximum atomic E-state index is 13.2. The summed E-state index contributed by atoms with van der Waals surface area (Å²) in [6.45, 7) is 3.32. The fourth-order valence-corrected chi connectivity index (χ4v) is 4.47. The summed E-state index contributed by atoms with van der Waals surface area (Å²) in [5, 5.41) is 0. The van der Waals surface area contributed by atoms with Gasteiger partial charge in [0.1, 0.15) is 11.3 Å². The minimum Gasteiger partial charge on any atom is -0.492 e. The molecule has 0 fully saturated rings. The molecular weight excluding hydrogens is 444 g/mol. The number of nitrogens with zero attached hydrogens (tertiary/aromatic N) is 2. The van der Waals surface area contributed by atoms with Crippen molar-refractivity contribution in [3.8, 4) is 5.75 Å². The van der Waals surface area contributed by atoms with Gasteiger partial charge in [-0.15, -0.1) is 0 Å². The summed E-state index contributed by atoms with van der Waals surface area (Å²) in [5.41, 5.74) is 3.29. The fraction of sp³-hybridized carbons (Fsp3) is 0.321. The summed E-state index contributed by atoms with van der Waals surface area (Å²) in [7, 11) is 1.31. The van der Waals surface area contributed by atoms with E-state index in [9.17, 15) is 14.4 Å². The van der Waals surface area contributed by atoms with Crippen LogP contribution in [0, 0.1) is 6.92 Å². The molecule has 1 aliphatic heterocycles. The van der Waals surface area contributed by atoms with Crippen molar-refractivity contribution >= 4 is 11.9 Å². The predicted molar refractivity (Wildman–Crippen MR) is 133 cm³/mol. The van der Waals surface area contributed by atoms with Crippen molar-refractivity contribution in [1.82, 2.24) is 9.47 Å². The highest BCUT2D eigenvalue weighted by Gasteiger charge is 2.28. The van der Waals surface area contributed by atoms with E-state index in [4.69, 9.17) is 9.47 Å². The number of ether oxygens (including phenoxy) is 2. The van der Waals surface area contributed by atoms with Crippen LogP contribution in [-0.4, -0.2) is 48.1 Å². The molecule has 4 rings (SSSR count). The quantitative estimate of drug-likeness (QED) is 0.386. The van der Waals surface area contributed by atoms with Crippen molar-refractivity contribution in [3.63, 3.8) is 0 Å². The Bertz CT molecular complexity index is 1270. The number of benzene rings is 2. The molecule has 2 aromatic carbocycles. The van der Waals surface area contributed by atoms with Crippen LogP contribution in [0.5, 0.6) is 5.75 Å². The molecule has 0 atom stereocenters. The molecule has 0 spiro atoms. The molecule has 0 radical (unpaired) electrons. The van der Waals surface area contributed by atoms with Crippen molar-refractivity contribution in [3.05, 3.63) is 99.0 Å². The zero-order valence-electron chi connectivity index (χ0n) is 20.2. The number of aromatic nitrogens is 1. The van der Waals surface area contributed by atoms with Gasteiger partial charge < -0.3 is 18.9 Å². The van der Waals surface area contributed by atoms with Gasteiger partial charge in [-0.3, -0.25) is 9.59 Å². The largest absolute Gasteiger partial charge is 0.492 e. The van der Waals surface area contributed by atoms with Gasteiger partial charge in [0.25, 0.3) is 11.5 Å². The molecule has 0 aliphatic carbocycles. The summed E-state index contributed by atoms with van der Waals surface area (Å²) in [6, 6.07) is 18.9. The lowest BCUT2D eigenvalue weighted by molar-refractivity contribution is 0.0593. The van der Waals surface area contributed by atoms with Crippen molar-refractivity contribution in [2.75, 3.05) is 26.8 Å². The average molecular weight is 475 g/mol. The predicted octanol–water partition coefficient (Wildman–Crippen LogP) is 3.65. The molecule has 35 heavy (non-hydrogen) atoms. The Morgan fingerprint density at radius 3 is 2.46 bits per heavy atom.